The minimum absolute atomic E-state index is 0.325. The fourth-order valence-electron chi connectivity index (χ4n) is 1.89. The van der Waals surface area contributed by atoms with Crippen molar-refractivity contribution in [1.29, 1.82) is 0 Å². The molecule has 2 aromatic carbocycles. The van der Waals surface area contributed by atoms with Gasteiger partial charge in [0.05, 0.1) is 0 Å². The summed E-state index contributed by atoms with van der Waals surface area (Å²) in [5.74, 6) is -0.932. The summed E-state index contributed by atoms with van der Waals surface area (Å²) in [6.07, 6.45) is 0.974. The highest BCUT2D eigenvalue weighted by Crippen LogP contribution is 2.20. The molecule has 0 aromatic heterocycles. The van der Waals surface area contributed by atoms with Crippen LogP contribution in [0.3, 0.4) is 0 Å². The zero-order valence-corrected chi connectivity index (χ0v) is 10.3. The average molecular weight is 245 g/mol. The van der Waals surface area contributed by atoms with Crippen LogP contribution in [0.1, 0.15) is 18.1 Å². The molecule has 3 heteroatoms. The van der Waals surface area contributed by atoms with E-state index in [9.17, 15) is 4.39 Å². The minimum Gasteiger partial charge on any atom is -0.505 e. The van der Waals surface area contributed by atoms with Crippen LogP contribution in [0.5, 0.6) is 5.75 Å². The Bertz CT molecular complexity index is 540. The normalized spacial score (nSPS) is 10.3. The monoisotopic (exact) mass is 245 g/mol. The van der Waals surface area contributed by atoms with E-state index in [0.29, 0.717) is 12.2 Å². The van der Waals surface area contributed by atoms with E-state index in [1.54, 1.807) is 6.07 Å². The van der Waals surface area contributed by atoms with Crippen molar-refractivity contribution in [1.82, 2.24) is 0 Å². The van der Waals surface area contributed by atoms with Gasteiger partial charge in [0.1, 0.15) is 0 Å². The molecule has 0 aliphatic heterocycles. The fourth-order valence-corrected chi connectivity index (χ4v) is 1.89. The van der Waals surface area contributed by atoms with Gasteiger partial charge in [0, 0.05) is 18.3 Å². The quantitative estimate of drug-likeness (QED) is 0.805. The molecule has 0 heterocycles. The van der Waals surface area contributed by atoms with E-state index in [2.05, 4.69) is 24.4 Å². The second-order valence-electron chi connectivity index (χ2n) is 4.14. The third-order valence-corrected chi connectivity index (χ3v) is 2.93. The van der Waals surface area contributed by atoms with Gasteiger partial charge < -0.3 is 10.4 Å². The van der Waals surface area contributed by atoms with Crippen LogP contribution in [-0.4, -0.2) is 5.11 Å². The van der Waals surface area contributed by atoms with E-state index in [1.165, 1.54) is 23.3 Å². The Morgan fingerprint density at radius 2 is 1.83 bits per heavy atom. The molecule has 18 heavy (non-hydrogen) atoms. The predicted molar refractivity (Wildman–Crippen MR) is 71.2 cm³/mol. The van der Waals surface area contributed by atoms with Crippen LogP contribution in [0.15, 0.2) is 42.5 Å². The van der Waals surface area contributed by atoms with Crippen LogP contribution in [0.2, 0.25) is 0 Å². The number of phenolic OH excluding ortho intramolecular Hbond substituents is 1. The molecule has 0 radical (unpaired) electrons. The van der Waals surface area contributed by atoms with E-state index in [-0.39, 0.29) is 5.75 Å². The Morgan fingerprint density at radius 1 is 1.11 bits per heavy atom. The van der Waals surface area contributed by atoms with Crippen LogP contribution in [-0.2, 0) is 13.0 Å². The van der Waals surface area contributed by atoms with E-state index < -0.39 is 5.82 Å². The number of anilines is 1. The van der Waals surface area contributed by atoms with E-state index in [4.69, 9.17) is 5.11 Å². The molecule has 94 valence electrons. The highest BCUT2D eigenvalue weighted by molar-refractivity contribution is 5.47. The number of halogens is 1. The zero-order chi connectivity index (χ0) is 13.0. The molecular formula is C15H16FNO. The number of rotatable bonds is 4. The summed E-state index contributed by atoms with van der Waals surface area (Å²) >= 11 is 0. The summed E-state index contributed by atoms with van der Waals surface area (Å²) in [6.45, 7) is 2.76. The second-order valence-corrected chi connectivity index (χ2v) is 4.14. The number of hydrogen-bond acceptors (Lipinski definition) is 2. The molecule has 0 unspecified atom stereocenters. The van der Waals surface area contributed by atoms with Gasteiger partial charge in [-0.3, -0.25) is 0 Å². The maximum absolute atomic E-state index is 13.2. The molecule has 0 saturated carbocycles. The molecular weight excluding hydrogens is 229 g/mol. The lowest BCUT2D eigenvalue weighted by atomic mass is 10.1. The summed E-state index contributed by atoms with van der Waals surface area (Å²) in [7, 11) is 0. The van der Waals surface area contributed by atoms with E-state index >= 15 is 0 Å². The number of benzene rings is 2. The molecule has 2 N–H and O–H groups in total. The van der Waals surface area contributed by atoms with Gasteiger partial charge in [-0.2, -0.15) is 0 Å². The van der Waals surface area contributed by atoms with Crippen LogP contribution in [0.25, 0.3) is 0 Å². The molecule has 0 bridgehead atoms. The lowest BCUT2D eigenvalue weighted by Gasteiger charge is -2.10. The van der Waals surface area contributed by atoms with Crippen molar-refractivity contribution in [2.75, 3.05) is 5.32 Å². The van der Waals surface area contributed by atoms with Crippen LogP contribution >= 0.6 is 0 Å². The Labute approximate surface area is 106 Å². The zero-order valence-electron chi connectivity index (χ0n) is 10.3. The third-order valence-electron chi connectivity index (χ3n) is 2.93. The van der Waals surface area contributed by atoms with Gasteiger partial charge in [0.2, 0.25) is 0 Å². The topological polar surface area (TPSA) is 32.3 Å². The Hall–Kier alpha value is -2.03. The van der Waals surface area contributed by atoms with Crippen molar-refractivity contribution in [3.05, 3.63) is 59.4 Å². The van der Waals surface area contributed by atoms with Crippen LogP contribution < -0.4 is 5.32 Å². The molecule has 2 rings (SSSR count). The van der Waals surface area contributed by atoms with Crippen LogP contribution in [0.4, 0.5) is 10.1 Å². The van der Waals surface area contributed by atoms with E-state index in [0.717, 1.165) is 6.42 Å². The number of aromatic hydroxyl groups is 1. The highest BCUT2D eigenvalue weighted by atomic mass is 19.1. The van der Waals surface area contributed by atoms with Gasteiger partial charge in [0.15, 0.2) is 11.6 Å². The van der Waals surface area contributed by atoms with Crippen LogP contribution in [0, 0.1) is 5.82 Å². The molecule has 0 atom stereocenters. The van der Waals surface area contributed by atoms with Crippen molar-refractivity contribution >= 4 is 5.69 Å². The maximum Gasteiger partial charge on any atom is 0.166 e. The van der Waals surface area contributed by atoms with Gasteiger partial charge in [-0.05, 0) is 29.7 Å². The molecule has 0 aliphatic carbocycles. The number of phenols is 1. The average Bonchev–Trinajstić information content (AvgIpc) is 2.40. The largest absolute Gasteiger partial charge is 0.505 e. The third kappa shape index (κ3) is 2.80. The van der Waals surface area contributed by atoms with Crippen molar-refractivity contribution in [2.45, 2.75) is 19.9 Å². The number of aryl methyl sites for hydroxylation is 1. The van der Waals surface area contributed by atoms with Crippen molar-refractivity contribution in [3.63, 3.8) is 0 Å². The van der Waals surface area contributed by atoms with Gasteiger partial charge >= 0.3 is 0 Å². The first kappa shape index (κ1) is 12.4. The first-order chi connectivity index (χ1) is 8.70. The summed E-state index contributed by atoms with van der Waals surface area (Å²) in [4.78, 5) is 0. The van der Waals surface area contributed by atoms with Gasteiger partial charge in [-0.25, -0.2) is 4.39 Å². The smallest absolute Gasteiger partial charge is 0.166 e. The molecule has 0 aliphatic rings. The molecule has 2 nitrogen and oxygen atoms in total. The Morgan fingerprint density at radius 3 is 2.50 bits per heavy atom. The molecule has 0 fully saturated rings. The first-order valence-corrected chi connectivity index (χ1v) is 6.00. The fraction of sp³-hybridized carbons (Fsp3) is 0.200. The Kier molecular flexibility index (Phi) is 3.82. The SMILES string of the molecule is CCc1ccccc1CNc1ccc(O)c(F)c1. The van der Waals surface area contributed by atoms with Gasteiger partial charge in [0.25, 0.3) is 0 Å². The van der Waals surface area contributed by atoms with E-state index in [1.807, 2.05) is 12.1 Å². The predicted octanol–water partition coefficient (Wildman–Crippen LogP) is 3.71. The second kappa shape index (κ2) is 5.54. The molecule has 0 amide bonds. The lowest BCUT2D eigenvalue weighted by molar-refractivity contribution is 0.432. The van der Waals surface area contributed by atoms with Crippen molar-refractivity contribution < 1.29 is 9.50 Å². The minimum atomic E-state index is -0.608. The van der Waals surface area contributed by atoms with Crippen molar-refractivity contribution in [2.24, 2.45) is 0 Å². The summed E-state index contributed by atoms with van der Waals surface area (Å²) < 4.78 is 13.2. The van der Waals surface area contributed by atoms with Gasteiger partial charge in [-0.15, -0.1) is 0 Å². The maximum atomic E-state index is 13.2. The first-order valence-electron chi connectivity index (χ1n) is 6.00. The standard InChI is InChI=1S/C15H16FNO/c1-2-11-5-3-4-6-12(11)10-17-13-7-8-15(18)14(16)9-13/h3-9,17-18H,2,10H2,1H3. The highest BCUT2D eigenvalue weighted by Gasteiger charge is 2.03. The van der Waals surface area contributed by atoms with Crippen molar-refractivity contribution in [3.8, 4) is 5.75 Å². The Balaban J connectivity index is 2.09. The van der Waals surface area contributed by atoms with Gasteiger partial charge in [-0.1, -0.05) is 31.2 Å². The summed E-state index contributed by atoms with van der Waals surface area (Å²) in [6, 6.07) is 12.5. The molecule has 2 aromatic rings. The summed E-state index contributed by atoms with van der Waals surface area (Å²) in [5.41, 5.74) is 3.15. The molecule has 0 saturated heterocycles. The lowest BCUT2D eigenvalue weighted by Crippen LogP contribution is -2.02. The summed E-state index contributed by atoms with van der Waals surface area (Å²) in [5, 5.41) is 12.3. The number of hydrogen-bond donors (Lipinski definition) is 2. The number of nitrogens with one attached hydrogen (secondary N) is 1. The molecule has 0 spiro atoms.